The molecule has 0 spiro atoms. The van der Waals surface area contributed by atoms with E-state index in [0.29, 0.717) is 6.04 Å². The Balaban J connectivity index is 2.63. The highest BCUT2D eigenvalue weighted by Crippen LogP contribution is 2.22. The van der Waals surface area contributed by atoms with Gasteiger partial charge in [0.05, 0.1) is 7.11 Å². The Morgan fingerprint density at radius 3 is 2.59 bits per heavy atom. The van der Waals surface area contributed by atoms with E-state index in [2.05, 4.69) is 31.0 Å². The van der Waals surface area contributed by atoms with E-state index in [4.69, 9.17) is 4.74 Å². The maximum Gasteiger partial charge on any atom is 0.118 e. The molecular formula is C15H23NO. The van der Waals surface area contributed by atoms with Crippen molar-refractivity contribution in [3.8, 4) is 5.75 Å². The summed E-state index contributed by atoms with van der Waals surface area (Å²) in [6.45, 7) is 6.90. The molecule has 0 aromatic heterocycles. The van der Waals surface area contributed by atoms with E-state index in [0.717, 1.165) is 25.1 Å². The van der Waals surface area contributed by atoms with E-state index in [9.17, 15) is 0 Å². The van der Waals surface area contributed by atoms with E-state index in [1.54, 1.807) is 7.11 Å². The van der Waals surface area contributed by atoms with Crippen LogP contribution < -0.4 is 10.1 Å². The first-order valence-corrected chi connectivity index (χ1v) is 6.30. The molecule has 0 fully saturated rings. The van der Waals surface area contributed by atoms with Gasteiger partial charge in [-0.25, -0.2) is 0 Å². The van der Waals surface area contributed by atoms with Crippen LogP contribution in [0.15, 0.2) is 36.9 Å². The molecule has 1 rings (SSSR count). The number of hydrogen-bond donors (Lipinski definition) is 1. The maximum absolute atomic E-state index is 5.17. The third kappa shape index (κ3) is 4.61. The van der Waals surface area contributed by atoms with Crippen LogP contribution in [0.1, 0.15) is 37.8 Å². The van der Waals surface area contributed by atoms with Crippen molar-refractivity contribution in [1.29, 1.82) is 0 Å². The van der Waals surface area contributed by atoms with Crippen LogP contribution in [0.5, 0.6) is 5.75 Å². The predicted molar refractivity (Wildman–Crippen MR) is 73.5 cm³/mol. The molecule has 0 aliphatic carbocycles. The van der Waals surface area contributed by atoms with Crippen LogP contribution in [0, 0.1) is 0 Å². The van der Waals surface area contributed by atoms with Gasteiger partial charge in [-0.05, 0) is 43.5 Å². The lowest BCUT2D eigenvalue weighted by Gasteiger charge is -2.18. The quantitative estimate of drug-likeness (QED) is 0.546. The van der Waals surface area contributed by atoms with Crippen LogP contribution in [-0.2, 0) is 0 Å². The second-order valence-corrected chi connectivity index (χ2v) is 4.10. The first-order chi connectivity index (χ1) is 8.31. The van der Waals surface area contributed by atoms with Gasteiger partial charge in [-0.3, -0.25) is 0 Å². The van der Waals surface area contributed by atoms with E-state index >= 15 is 0 Å². The van der Waals surface area contributed by atoms with Gasteiger partial charge in [0.15, 0.2) is 0 Å². The molecule has 94 valence electrons. The summed E-state index contributed by atoms with van der Waals surface area (Å²) in [5, 5.41) is 3.52. The Kier molecular flexibility index (Phi) is 6.41. The van der Waals surface area contributed by atoms with Gasteiger partial charge in [-0.15, -0.1) is 6.58 Å². The fourth-order valence-corrected chi connectivity index (χ4v) is 1.94. The third-order valence-electron chi connectivity index (χ3n) is 2.87. The molecule has 0 aliphatic heterocycles. The highest BCUT2D eigenvalue weighted by molar-refractivity contribution is 5.29. The summed E-state index contributed by atoms with van der Waals surface area (Å²) in [7, 11) is 1.70. The summed E-state index contributed by atoms with van der Waals surface area (Å²) < 4.78 is 5.17. The first kappa shape index (κ1) is 13.8. The standard InChI is InChI=1S/C15H23NO/c1-4-6-7-8-15(16-5-2)13-9-11-14(17-3)12-10-13/h4,9-12,15-16H,1,5-8H2,2-3H3. The van der Waals surface area contributed by atoms with Crippen LogP contribution >= 0.6 is 0 Å². The molecular weight excluding hydrogens is 210 g/mol. The SMILES string of the molecule is C=CCCCC(NCC)c1ccc(OC)cc1. The molecule has 2 heteroatoms. The number of rotatable bonds is 8. The minimum atomic E-state index is 0.436. The molecule has 17 heavy (non-hydrogen) atoms. The van der Waals surface area contributed by atoms with E-state index in [1.165, 1.54) is 12.0 Å². The normalized spacial score (nSPS) is 12.1. The van der Waals surface area contributed by atoms with E-state index < -0.39 is 0 Å². The number of methoxy groups -OCH3 is 1. The molecule has 0 bridgehead atoms. The Labute approximate surface area is 105 Å². The lowest BCUT2D eigenvalue weighted by molar-refractivity contribution is 0.414. The Morgan fingerprint density at radius 2 is 2.06 bits per heavy atom. The number of benzene rings is 1. The van der Waals surface area contributed by atoms with Crippen LogP contribution in [0.3, 0.4) is 0 Å². The minimum Gasteiger partial charge on any atom is -0.497 e. The summed E-state index contributed by atoms with van der Waals surface area (Å²) >= 11 is 0. The molecule has 1 aromatic rings. The first-order valence-electron chi connectivity index (χ1n) is 6.30. The fraction of sp³-hybridized carbons (Fsp3) is 0.467. The van der Waals surface area contributed by atoms with Crippen molar-refractivity contribution in [2.45, 2.75) is 32.2 Å². The van der Waals surface area contributed by atoms with Crippen LogP contribution in [-0.4, -0.2) is 13.7 Å². The topological polar surface area (TPSA) is 21.3 Å². The fourth-order valence-electron chi connectivity index (χ4n) is 1.94. The molecule has 1 aromatic carbocycles. The summed E-state index contributed by atoms with van der Waals surface area (Å²) in [5.41, 5.74) is 1.33. The predicted octanol–water partition coefficient (Wildman–Crippen LogP) is 3.70. The maximum atomic E-state index is 5.17. The van der Waals surface area contributed by atoms with Crippen molar-refractivity contribution in [3.05, 3.63) is 42.5 Å². The van der Waals surface area contributed by atoms with Gasteiger partial charge in [0.2, 0.25) is 0 Å². The monoisotopic (exact) mass is 233 g/mol. The van der Waals surface area contributed by atoms with E-state index in [1.807, 2.05) is 18.2 Å². The lowest BCUT2D eigenvalue weighted by Crippen LogP contribution is -2.20. The highest BCUT2D eigenvalue weighted by atomic mass is 16.5. The number of ether oxygens (including phenoxy) is 1. The molecule has 0 saturated carbocycles. The van der Waals surface area contributed by atoms with Gasteiger partial charge in [0, 0.05) is 6.04 Å². The lowest BCUT2D eigenvalue weighted by atomic mass is 10.0. The molecule has 0 aliphatic rings. The van der Waals surface area contributed by atoms with Crippen molar-refractivity contribution in [3.63, 3.8) is 0 Å². The van der Waals surface area contributed by atoms with Gasteiger partial charge in [-0.1, -0.05) is 25.1 Å². The molecule has 0 heterocycles. The average molecular weight is 233 g/mol. The largest absolute Gasteiger partial charge is 0.497 e. The Hall–Kier alpha value is -1.28. The minimum absolute atomic E-state index is 0.436. The molecule has 0 saturated heterocycles. The molecule has 2 nitrogen and oxygen atoms in total. The van der Waals surface area contributed by atoms with Gasteiger partial charge >= 0.3 is 0 Å². The van der Waals surface area contributed by atoms with Gasteiger partial charge in [0.1, 0.15) is 5.75 Å². The summed E-state index contributed by atoms with van der Waals surface area (Å²) in [5.74, 6) is 0.912. The van der Waals surface area contributed by atoms with Gasteiger partial charge in [-0.2, -0.15) is 0 Å². The zero-order valence-electron chi connectivity index (χ0n) is 10.9. The van der Waals surface area contributed by atoms with Crippen molar-refractivity contribution in [2.24, 2.45) is 0 Å². The number of nitrogens with one attached hydrogen (secondary N) is 1. The summed E-state index contributed by atoms with van der Waals surface area (Å²) in [6, 6.07) is 8.76. The zero-order valence-corrected chi connectivity index (χ0v) is 10.9. The van der Waals surface area contributed by atoms with Crippen molar-refractivity contribution in [2.75, 3.05) is 13.7 Å². The smallest absolute Gasteiger partial charge is 0.118 e. The van der Waals surface area contributed by atoms with Crippen molar-refractivity contribution in [1.82, 2.24) is 5.32 Å². The van der Waals surface area contributed by atoms with Crippen LogP contribution in [0.2, 0.25) is 0 Å². The molecule has 1 atom stereocenters. The number of unbranched alkanes of at least 4 members (excludes halogenated alkanes) is 1. The second kappa shape index (κ2) is 7.91. The van der Waals surface area contributed by atoms with Gasteiger partial charge < -0.3 is 10.1 Å². The van der Waals surface area contributed by atoms with Crippen LogP contribution in [0.4, 0.5) is 0 Å². The molecule has 1 N–H and O–H groups in total. The molecule has 1 unspecified atom stereocenters. The van der Waals surface area contributed by atoms with Crippen molar-refractivity contribution < 1.29 is 4.74 Å². The second-order valence-electron chi connectivity index (χ2n) is 4.10. The van der Waals surface area contributed by atoms with Crippen LogP contribution in [0.25, 0.3) is 0 Å². The highest BCUT2D eigenvalue weighted by Gasteiger charge is 2.09. The molecule has 0 amide bonds. The zero-order chi connectivity index (χ0) is 12.5. The Bertz CT molecular complexity index is 318. The number of allylic oxidation sites excluding steroid dienone is 1. The average Bonchev–Trinajstić information content (AvgIpc) is 2.38. The molecule has 0 radical (unpaired) electrons. The van der Waals surface area contributed by atoms with Crippen molar-refractivity contribution >= 4 is 0 Å². The Morgan fingerprint density at radius 1 is 1.35 bits per heavy atom. The third-order valence-corrected chi connectivity index (χ3v) is 2.87. The summed E-state index contributed by atoms with van der Waals surface area (Å²) in [6.07, 6.45) is 5.38. The van der Waals surface area contributed by atoms with Gasteiger partial charge in [0.25, 0.3) is 0 Å². The number of hydrogen-bond acceptors (Lipinski definition) is 2. The summed E-state index contributed by atoms with van der Waals surface area (Å²) in [4.78, 5) is 0. The van der Waals surface area contributed by atoms with E-state index in [-0.39, 0.29) is 0 Å².